The van der Waals surface area contributed by atoms with Gasteiger partial charge in [-0.15, -0.1) is 11.6 Å². The first kappa shape index (κ1) is 11.5. The van der Waals surface area contributed by atoms with Crippen LogP contribution in [0.4, 0.5) is 5.82 Å². The van der Waals surface area contributed by atoms with Gasteiger partial charge in [-0.1, -0.05) is 11.6 Å². The lowest BCUT2D eigenvalue weighted by Gasteiger charge is -2.17. The smallest absolute Gasteiger partial charge is 0.140 e. The molecule has 1 aromatic rings. The number of nitrogens with one attached hydrogen (secondary N) is 1. The number of nitrogens with zero attached hydrogens (tertiary/aromatic N) is 1. The molecular weight excluding hydrogens is 299 g/mol. The Bertz CT molecular complexity index is 359. The summed E-state index contributed by atoms with van der Waals surface area (Å²) < 4.78 is 0.880. The summed E-state index contributed by atoms with van der Waals surface area (Å²) in [5.74, 6) is 0.817. The van der Waals surface area contributed by atoms with Gasteiger partial charge in [-0.25, -0.2) is 4.98 Å². The summed E-state index contributed by atoms with van der Waals surface area (Å²) in [5, 5.41) is 4.17. The molecule has 0 saturated heterocycles. The van der Waals surface area contributed by atoms with Crippen molar-refractivity contribution in [1.29, 1.82) is 0 Å². The number of hydrogen-bond donors (Lipinski definition) is 1. The predicted molar refractivity (Wildman–Crippen MR) is 67.8 cm³/mol. The minimum atomic E-state index is 0.203. The second kappa shape index (κ2) is 4.89. The molecule has 2 unspecified atom stereocenters. The Morgan fingerprint density at radius 2 is 2.27 bits per heavy atom. The Labute approximate surface area is 107 Å². The molecule has 15 heavy (non-hydrogen) atoms. The number of pyridine rings is 1. The van der Waals surface area contributed by atoms with Crippen molar-refractivity contribution in [3.8, 4) is 0 Å². The van der Waals surface area contributed by atoms with Crippen LogP contribution in [0.15, 0.2) is 16.7 Å². The highest BCUT2D eigenvalue weighted by atomic mass is 79.9. The Balaban J connectivity index is 2.10. The first-order chi connectivity index (χ1) is 7.16. The summed E-state index contributed by atoms with van der Waals surface area (Å²) in [4.78, 5) is 4.23. The number of aromatic nitrogens is 1. The van der Waals surface area contributed by atoms with E-state index in [-0.39, 0.29) is 5.38 Å². The highest BCUT2D eigenvalue weighted by Crippen LogP contribution is 2.30. The van der Waals surface area contributed by atoms with Crippen molar-refractivity contribution in [2.45, 2.75) is 30.7 Å². The number of halogens is 3. The highest BCUT2D eigenvalue weighted by Gasteiger charge is 2.25. The van der Waals surface area contributed by atoms with E-state index < -0.39 is 0 Å². The summed E-state index contributed by atoms with van der Waals surface area (Å²) in [6.07, 6.45) is 4.99. The van der Waals surface area contributed by atoms with E-state index in [1.165, 1.54) is 6.42 Å². The van der Waals surface area contributed by atoms with Crippen LogP contribution in [0.25, 0.3) is 0 Å². The SMILES string of the molecule is Clc1cnc(NC2CCCC2Cl)c(Br)c1. The molecule has 1 saturated carbocycles. The molecule has 0 spiro atoms. The third-order valence-electron chi connectivity index (χ3n) is 2.56. The van der Waals surface area contributed by atoms with Crippen molar-refractivity contribution >= 4 is 44.9 Å². The van der Waals surface area contributed by atoms with Crippen LogP contribution >= 0.6 is 39.1 Å². The standard InChI is InChI=1S/C10H11BrCl2N2/c11-7-4-6(12)5-14-10(7)15-9-3-1-2-8(9)13/h4-5,8-9H,1-3H2,(H,14,15). The topological polar surface area (TPSA) is 24.9 Å². The van der Waals surface area contributed by atoms with Gasteiger partial charge in [-0.2, -0.15) is 0 Å². The maximum Gasteiger partial charge on any atom is 0.140 e. The van der Waals surface area contributed by atoms with Crippen LogP contribution in [0.1, 0.15) is 19.3 Å². The Morgan fingerprint density at radius 3 is 2.87 bits per heavy atom. The van der Waals surface area contributed by atoms with Gasteiger partial charge in [0.15, 0.2) is 0 Å². The zero-order valence-corrected chi connectivity index (χ0v) is 11.1. The second-order valence-electron chi connectivity index (χ2n) is 3.68. The van der Waals surface area contributed by atoms with Gasteiger partial charge in [0.25, 0.3) is 0 Å². The fourth-order valence-corrected chi connectivity index (χ4v) is 2.87. The number of rotatable bonds is 2. The van der Waals surface area contributed by atoms with Crippen LogP contribution in [0.2, 0.25) is 5.02 Å². The lowest BCUT2D eigenvalue weighted by atomic mass is 10.2. The van der Waals surface area contributed by atoms with Crippen molar-refractivity contribution in [3.05, 3.63) is 21.8 Å². The van der Waals surface area contributed by atoms with Crippen molar-refractivity contribution in [2.24, 2.45) is 0 Å². The van der Waals surface area contributed by atoms with Gasteiger partial charge in [-0.05, 0) is 41.3 Å². The molecule has 0 aliphatic heterocycles. The largest absolute Gasteiger partial charge is 0.365 e. The molecule has 0 aromatic carbocycles. The second-order valence-corrected chi connectivity index (χ2v) is 5.53. The summed E-state index contributed by atoms with van der Waals surface area (Å²) in [6, 6.07) is 2.14. The molecule has 2 atom stereocenters. The molecule has 2 rings (SSSR count). The maximum atomic E-state index is 6.18. The van der Waals surface area contributed by atoms with Crippen LogP contribution in [0.5, 0.6) is 0 Å². The predicted octanol–water partition coefficient (Wildman–Crippen LogP) is 4.07. The Kier molecular flexibility index (Phi) is 3.75. The third-order valence-corrected chi connectivity index (χ3v) is 3.90. The Hall–Kier alpha value is 0.01000. The van der Waals surface area contributed by atoms with Crippen molar-refractivity contribution in [2.75, 3.05) is 5.32 Å². The quantitative estimate of drug-likeness (QED) is 0.833. The molecule has 1 aliphatic rings. The van der Waals surface area contributed by atoms with E-state index in [0.717, 1.165) is 23.1 Å². The van der Waals surface area contributed by atoms with Gasteiger partial charge >= 0.3 is 0 Å². The third kappa shape index (κ3) is 2.77. The van der Waals surface area contributed by atoms with Crippen LogP contribution < -0.4 is 5.32 Å². The molecular formula is C10H11BrCl2N2. The van der Waals surface area contributed by atoms with Gasteiger partial charge in [0.05, 0.1) is 14.9 Å². The molecule has 1 heterocycles. The average Bonchev–Trinajstić information content (AvgIpc) is 2.57. The van der Waals surface area contributed by atoms with Crippen LogP contribution in [-0.2, 0) is 0 Å². The zero-order chi connectivity index (χ0) is 10.8. The van der Waals surface area contributed by atoms with Gasteiger partial charge in [-0.3, -0.25) is 0 Å². The van der Waals surface area contributed by atoms with E-state index in [9.17, 15) is 0 Å². The van der Waals surface area contributed by atoms with E-state index in [0.29, 0.717) is 11.1 Å². The van der Waals surface area contributed by atoms with Gasteiger partial charge in [0.2, 0.25) is 0 Å². The van der Waals surface area contributed by atoms with Crippen molar-refractivity contribution < 1.29 is 0 Å². The first-order valence-corrected chi connectivity index (χ1v) is 6.49. The average molecular weight is 310 g/mol. The summed E-state index contributed by atoms with van der Waals surface area (Å²) >= 11 is 15.4. The van der Waals surface area contributed by atoms with E-state index in [2.05, 4.69) is 26.2 Å². The van der Waals surface area contributed by atoms with E-state index in [1.54, 1.807) is 6.20 Å². The monoisotopic (exact) mass is 308 g/mol. The van der Waals surface area contributed by atoms with E-state index >= 15 is 0 Å². The van der Waals surface area contributed by atoms with Crippen LogP contribution in [-0.4, -0.2) is 16.4 Å². The van der Waals surface area contributed by atoms with Crippen LogP contribution in [0, 0.1) is 0 Å². The lowest BCUT2D eigenvalue weighted by molar-refractivity contribution is 0.756. The van der Waals surface area contributed by atoms with Gasteiger partial charge in [0.1, 0.15) is 5.82 Å². The summed E-state index contributed by atoms with van der Waals surface area (Å²) in [7, 11) is 0. The minimum absolute atomic E-state index is 0.203. The van der Waals surface area contributed by atoms with Crippen molar-refractivity contribution in [3.63, 3.8) is 0 Å². The molecule has 82 valence electrons. The van der Waals surface area contributed by atoms with E-state index in [4.69, 9.17) is 23.2 Å². The minimum Gasteiger partial charge on any atom is -0.365 e. The maximum absolute atomic E-state index is 6.18. The molecule has 0 radical (unpaired) electrons. The summed E-state index contributed by atoms with van der Waals surface area (Å²) in [5.41, 5.74) is 0. The fraction of sp³-hybridized carbons (Fsp3) is 0.500. The van der Waals surface area contributed by atoms with Gasteiger partial charge in [0, 0.05) is 12.2 Å². The van der Waals surface area contributed by atoms with Crippen molar-refractivity contribution in [1.82, 2.24) is 4.98 Å². The van der Waals surface area contributed by atoms with E-state index in [1.807, 2.05) is 6.07 Å². The summed E-state index contributed by atoms with van der Waals surface area (Å²) in [6.45, 7) is 0. The molecule has 5 heteroatoms. The molecule has 1 aromatic heterocycles. The lowest BCUT2D eigenvalue weighted by Crippen LogP contribution is -2.24. The first-order valence-electron chi connectivity index (χ1n) is 4.88. The van der Waals surface area contributed by atoms with Gasteiger partial charge < -0.3 is 5.32 Å². The molecule has 2 nitrogen and oxygen atoms in total. The molecule has 1 N–H and O–H groups in total. The number of alkyl halides is 1. The van der Waals surface area contributed by atoms with Crippen LogP contribution in [0.3, 0.4) is 0 Å². The fourth-order valence-electron chi connectivity index (χ4n) is 1.77. The molecule has 1 aliphatic carbocycles. The normalized spacial score (nSPS) is 25.5. The highest BCUT2D eigenvalue weighted by molar-refractivity contribution is 9.10. The molecule has 1 fully saturated rings. The molecule has 0 bridgehead atoms. The molecule has 0 amide bonds. The Morgan fingerprint density at radius 1 is 1.47 bits per heavy atom. The number of hydrogen-bond acceptors (Lipinski definition) is 2. The zero-order valence-electron chi connectivity index (χ0n) is 8.01. The number of anilines is 1.